The molecule has 0 saturated carbocycles. The second-order valence-electron chi connectivity index (χ2n) is 6.76. The average Bonchev–Trinajstić information content (AvgIpc) is 2.91. The summed E-state index contributed by atoms with van der Waals surface area (Å²) in [7, 11) is 1.18. The van der Waals surface area contributed by atoms with Gasteiger partial charge in [-0.1, -0.05) is 0 Å². The van der Waals surface area contributed by atoms with Crippen LogP contribution in [0.2, 0.25) is 0 Å². The highest BCUT2D eigenvalue weighted by molar-refractivity contribution is 7.89. The summed E-state index contributed by atoms with van der Waals surface area (Å²) in [6.45, 7) is 1.79. The molecular formula is C17H27ClN2O4S. The van der Waals surface area contributed by atoms with E-state index in [-0.39, 0.29) is 23.3 Å². The molecule has 2 heterocycles. The quantitative estimate of drug-likeness (QED) is 0.835. The van der Waals surface area contributed by atoms with Crippen molar-refractivity contribution in [2.45, 2.75) is 55.6 Å². The Hall–Kier alpha value is -1.02. The van der Waals surface area contributed by atoms with Crippen LogP contribution in [0, 0.1) is 6.92 Å². The molecule has 2 fully saturated rings. The van der Waals surface area contributed by atoms with Crippen LogP contribution in [0.4, 0.5) is 0 Å². The van der Waals surface area contributed by atoms with Gasteiger partial charge in [-0.3, -0.25) is 0 Å². The maximum atomic E-state index is 13.2. The van der Waals surface area contributed by atoms with Crippen LogP contribution in [-0.4, -0.2) is 52.1 Å². The molecule has 1 N–H and O–H groups in total. The van der Waals surface area contributed by atoms with Gasteiger partial charge in [0.1, 0.15) is 0 Å². The molecule has 3 rings (SSSR count). The maximum Gasteiger partial charge on any atom is 0.243 e. The van der Waals surface area contributed by atoms with E-state index in [1.54, 1.807) is 37.5 Å². The molecule has 0 radical (unpaired) electrons. The number of hydrogen-bond donors (Lipinski definition) is 1. The highest BCUT2D eigenvalue weighted by atomic mass is 35.5. The summed E-state index contributed by atoms with van der Waals surface area (Å²) in [5, 5.41) is 3.55. The van der Waals surface area contributed by atoms with Crippen LogP contribution in [0.5, 0.6) is 11.5 Å². The third kappa shape index (κ3) is 3.74. The predicted octanol–water partition coefficient (Wildman–Crippen LogP) is 2.34. The van der Waals surface area contributed by atoms with Crippen molar-refractivity contribution in [3.8, 4) is 11.5 Å². The number of ether oxygens (including phenoxy) is 2. The van der Waals surface area contributed by atoms with Crippen LogP contribution in [-0.2, 0) is 10.0 Å². The summed E-state index contributed by atoms with van der Waals surface area (Å²) in [5.74, 6) is 0.969. The lowest BCUT2D eigenvalue weighted by atomic mass is 10.0. The number of aryl methyl sites for hydroxylation is 1. The average molecular weight is 391 g/mol. The Balaban J connectivity index is 0.00000225. The zero-order valence-electron chi connectivity index (χ0n) is 15.1. The van der Waals surface area contributed by atoms with Gasteiger partial charge in [0.05, 0.1) is 19.1 Å². The Labute approximate surface area is 156 Å². The first-order chi connectivity index (χ1) is 11.4. The van der Waals surface area contributed by atoms with Crippen molar-refractivity contribution in [2.75, 3.05) is 21.3 Å². The van der Waals surface area contributed by atoms with Crippen molar-refractivity contribution in [1.29, 1.82) is 0 Å². The highest BCUT2D eigenvalue weighted by Gasteiger charge is 2.39. The van der Waals surface area contributed by atoms with Crippen molar-refractivity contribution >= 4 is 22.4 Å². The van der Waals surface area contributed by atoms with Crippen molar-refractivity contribution < 1.29 is 17.9 Å². The number of rotatable bonds is 5. The minimum absolute atomic E-state index is 0. The molecule has 0 aliphatic carbocycles. The molecule has 142 valence electrons. The Kier molecular flexibility index (Phi) is 6.25. The van der Waals surface area contributed by atoms with Crippen LogP contribution in [0.3, 0.4) is 0 Å². The second-order valence-corrected chi connectivity index (χ2v) is 8.72. The van der Waals surface area contributed by atoms with E-state index in [9.17, 15) is 8.42 Å². The minimum atomic E-state index is -3.58. The number of halogens is 1. The van der Waals surface area contributed by atoms with Gasteiger partial charge in [-0.15, -0.1) is 12.4 Å². The van der Waals surface area contributed by atoms with Gasteiger partial charge in [-0.25, -0.2) is 8.42 Å². The molecule has 2 atom stereocenters. The molecule has 2 bridgehead atoms. The summed E-state index contributed by atoms with van der Waals surface area (Å²) in [5.41, 5.74) is 0.663. The van der Waals surface area contributed by atoms with E-state index >= 15 is 0 Å². The van der Waals surface area contributed by atoms with Crippen molar-refractivity contribution in [2.24, 2.45) is 0 Å². The highest BCUT2D eigenvalue weighted by Crippen LogP contribution is 2.36. The van der Waals surface area contributed by atoms with Gasteiger partial charge in [-0.2, -0.15) is 4.31 Å². The fourth-order valence-corrected chi connectivity index (χ4v) is 5.51. The topological polar surface area (TPSA) is 67.9 Å². The van der Waals surface area contributed by atoms with Crippen LogP contribution < -0.4 is 14.8 Å². The monoisotopic (exact) mass is 390 g/mol. The first-order valence-electron chi connectivity index (χ1n) is 8.33. The van der Waals surface area contributed by atoms with E-state index in [4.69, 9.17) is 9.47 Å². The van der Waals surface area contributed by atoms with Gasteiger partial charge in [0.25, 0.3) is 0 Å². The van der Waals surface area contributed by atoms with Gasteiger partial charge in [0, 0.05) is 31.2 Å². The molecule has 25 heavy (non-hydrogen) atoms. The lowest BCUT2D eigenvalue weighted by Gasteiger charge is -2.35. The van der Waals surface area contributed by atoms with E-state index in [0.717, 1.165) is 25.7 Å². The number of piperidine rings is 1. The molecule has 8 heteroatoms. The van der Waals surface area contributed by atoms with Gasteiger partial charge < -0.3 is 14.8 Å². The first-order valence-corrected chi connectivity index (χ1v) is 9.77. The molecule has 2 aliphatic rings. The molecule has 2 unspecified atom stereocenters. The van der Waals surface area contributed by atoms with Gasteiger partial charge >= 0.3 is 0 Å². The van der Waals surface area contributed by atoms with Crippen molar-refractivity contribution in [1.82, 2.24) is 9.62 Å². The molecule has 1 aromatic rings. The van der Waals surface area contributed by atoms with E-state index in [2.05, 4.69) is 5.32 Å². The minimum Gasteiger partial charge on any atom is -0.493 e. The third-order valence-electron chi connectivity index (χ3n) is 5.30. The lowest BCUT2D eigenvalue weighted by Crippen LogP contribution is -2.48. The number of nitrogens with zero attached hydrogens (tertiary/aromatic N) is 1. The zero-order valence-corrected chi connectivity index (χ0v) is 16.7. The molecule has 0 aromatic heterocycles. The van der Waals surface area contributed by atoms with Crippen molar-refractivity contribution in [3.63, 3.8) is 0 Å². The SMILES string of the molecule is COc1cc(C)c(S(=O)(=O)N(C)C2CC3CCC(C2)N3)cc1OC.Cl. The van der Waals surface area contributed by atoms with Crippen LogP contribution in [0.25, 0.3) is 0 Å². The number of nitrogens with one attached hydrogen (secondary N) is 1. The summed E-state index contributed by atoms with van der Waals surface area (Å²) >= 11 is 0. The number of benzene rings is 1. The Bertz CT molecular complexity index is 714. The molecular weight excluding hydrogens is 364 g/mol. The third-order valence-corrected chi connectivity index (χ3v) is 7.35. The van der Waals surface area contributed by atoms with Crippen LogP contribution in [0.15, 0.2) is 17.0 Å². The molecule has 0 spiro atoms. The van der Waals surface area contributed by atoms with E-state index in [1.807, 2.05) is 0 Å². The largest absolute Gasteiger partial charge is 0.493 e. The predicted molar refractivity (Wildman–Crippen MR) is 99.4 cm³/mol. The molecule has 1 aromatic carbocycles. The number of methoxy groups -OCH3 is 2. The summed E-state index contributed by atoms with van der Waals surface area (Å²) in [4.78, 5) is 0.286. The second kappa shape index (κ2) is 7.70. The zero-order chi connectivity index (χ0) is 17.5. The normalized spacial score (nSPS) is 25.6. The summed E-state index contributed by atoms with van der Waals surface area (Å²) in [6, 6.07) is 4.21. The Morgan fingerprint density at radius 3 is 2.12 bits per heavy atom. The molecule has 2 saturated heterocycles. The standard InChI is InChI=1S/C17H26N2O4S.ClH/c1-11-7-15(22-3)16(23-4)10-17(11)24(20,21)19(2)14-8-12-5-6-13(9-14)18-12;/h7,10,12-14,18H,5-6,8-9H2,1-4H3;1H. The summed E-state index contributed by atoms with van der Waals surface area (Å²) in [6.07, 6.45) is 4.03. The number of fused-ring (bicyclic) bond motifs is 2. The molecule has 6 nitrogen and oxygen atoms in total. The molecule has 2 aliphatic heterocycles. The van der Waals surface area contributed by atoms with Gasteiger partial charge in [-0.05, 0) is 44.2 Å². The van der Waals surface area contributed by atoms with Gasteiger partial charge in [0.2, 0.25) is 10.0 Å². The Morgan fingerprint density at radius 2 is 1.60 bits per heavy atom. The van der Waals surface area contributed by atoms with E-state index in [1.165, 1.54) is 7.11 Å². The van der Waals surface area contributed by atoms with Crippen molar-refractivity contribution in [3.05, 3.63) is 17.7 Å². The maximum absolute atomic E-state index is 13.2. The molecule has 0 amide bonds. The smallest absolute Gasteiger partial charge is 0.243 e. The van der Waals surface area contributed by atoms with Gasteiger partial charge in [0.15, 0.2) is 11.5 Å². The van der Waals surface area contributed by atoms with Crippen LogP contribution >= 0.6 is 12.4 Å². The number of hydrogen-bond acceptors (Lipinski definition) is 5. The van der Waals surface area contributed by atoms with Crippen LogP contribution in [0.1, 0.15) is 31.2 Å². The van der Waals surface area contributed by atoms with E-state index < -0.39 is 10.0 Å². The first kappa shape index (κ1) is 20.3. The van der Waals surface area contributed by atoms with E-state index in [0.29, 0.717) is 29.1 Å². The fraction of sp³-hybridized carbons (Fsp3) is 0.647. The Morgan fingerprint density at radius 1 is 1.08 bits per heavy atom. The number of sulfonamides is 1. The summed E-state index contributed by atoms with van der Waals surface area (Å²) < 4.78 is 38.4. The lowest BCUT2D eigenvalue weighted by molar-refractivity contribution is 0.251. The fourth-order valence-electron chi connectivity index (χ4n) is 3.92.